The molecule has 2 N–H and O–H groups in total. The van der Waals surface area contributed by atoms with E-state index in [1.807, 2.05) is 0 Å². The molecule has 0 aliphatic carbocycles. The first-order valence-corrected chi connectivity index (χ1v) is 14.5. The highest BCUT2D eigenvalue weighted by atomic mass is 35.5. The first-order valence-electron chi connectivity index (χ1n) is 14.1. The fourth-order valence-corrected chi connectivity index (χ4v) is 5.14. The third-order valence-corrected chi connectivity index (χ3v) is 7.40. The van der Waals surface area contributed by atoms with E-state index in [4.69, 9.17) is 16.7 Å². The summed E-state index contributed by atoms with van der Waals surface area (Å²) in [4.78, 5) is 23.2. The molecule has 0 saturated carbocycles. The summed E-state index contributed by atoms with van der Waals surface area (Å²) in [7, 11) is 0. The molecular formula is C33H24ClF6N3O5. The number of ether oxygens (including phenoxy) is 2. The number of carboxylic acids is 1. The summed E-state index contributed by atoms with van der Waals surface area (Å²) in [5.74, 6) is -2.51. The predicted molar refractivity (Wildman–Crippen MR) is 164 cm³/mol. The Kier molecular flexibility index (Phi) is 9.57. The number of fused-ring (bicyclic) bond motifs is 1. The molecule has 250 valence electrons. The molecule has 1 aromatic heterocycles. The van der Waals surface area contributed by atoms with Crippen LogP contribution in [0.4, 0.5) is 26.3 Å². The molecule has 48 heavy (non-hydrogen) atoms. The van der Waals surface area contributed by atoms with E-state index >= 15 is 0 Å². The van der Waals surface area contributed by atoms with E-state index in [0.29, 0.717) is 27.6 Å². The van der Waals surface area contributed by atoms with Crippen LogP contribution in [0.5, 0.6) is 11.5 Å². The van der Waals surface area contributed by atoms with E-state index < -0.39 is 42.1 Å². The van der Waals surface area contributed by atoms with Crippen LogP contribution in [0.25, 0.3) is 33.3 Å². The average Bonchev–Trinajstić information content (AvgIpc) is 3.44. The molecule has 5 aromatic rings. The fraction of sp³-hybridized carbons (Fsp3) is 0.182. The molecular weight excluding hydrogens is 668 g/mol. The Morgan fingerprint density at radius 1 is 0.875 bits per heavy atom. The highest BCUT2D eigenvalue weighted by Crippen LogP contribution is 2.39. The van der Waals surface area contributed by atoms with Crippen LogP contribution in [0, 0.1) is 0 Å². The van der Waals surface area contributed by atoms with Crippen LogP contribution in [0.3, 0.4) is 0 Å². The summed E-state index contributed by atoms with van der Waals surface area (Å²) in [5.41, 5.74) is 2.02. The van der Waals surface area contributed by atoms with Crippen LogP contribution in [0.2, 0.25) is 5.02 Å². The number of hydrogen-bond donors (Lipinski definition) is 2. The van der Waals surface area contributed by atoms with Gasteiger partial charge in [0.25, 0.3) is 5.91 Å². The summed E-state index contributed by atoms with van der Waals surface area (Å²) >= 11 is 5.98. The van der Waals surface area contributed by atoms with E-state index in [1.165, 1.54) is 42.5 Å². The summed E-state index contributed by atoms with van der Waals surface area (Å²) in [5, 5.41) is 17.0. The van der Waals surface area contributed by atoms with E-state index in [2.05, 4.69) is 19.9 Å². The van der Waals surface area contributed by atoms with Crippen molar-refractivity contribution in [2.75, 3.05) is 6.54 Å². The molecule has 1 heterocycles. The van der Waals surface area contributed by atoms with Gasteiger partial charge in [0.15, 0.2) is 0 Å². The SMILES string of the molecule is C[C@@H](c1ccc(C(=O)NCCC(=O)O)cc1)n1nc(-c2ccc(Cl)cc2OC(F)(F)F)cc1-c1ccc2cc(OC(F)(F)F)ccc2c1. The van der Waals surface area contributed by atoms with Crippen molar-refractivity contribution in [1.29, 1.82) is 0 Å². The lowest BCUT2D eigenvalue weighted by molar-refractivity contribution is -0.275. The van der Waals surface area contributed by atoms with E-state index in [1.54, 1.807) is 48.0 Å². The second kappa shape index (κ2) is 13.5. The Morgan fingerprint density at radius 3 is 2.21 bits per heavy atom. The third kappa shape index (κ3) is 8.37. The molecule has 0 saturated heterocycles. The quantitative estimate of drug-likeness (QED) is 0.142. The fourth-order valence-electron chi connectivity index (χ4n) is 4.97. The van der Waals surface area contributed by atoms with Crippen LogP contribution in [-0.2, 0) is 4.79 Å². The van der Waals surface area contributed by atoms with Gasteiger partial charge < -0.3 is 19.9 Å². The van der Waals surface area contributed by atoms with Crippen molar-refractivity contribution in [2.45, 2.75) is 32.1 Å². The van der Waals surface area contributed by atoms with Gasteiger partial charge in [0.2, 0.25) is 0 Å². The minimum atomic E-state index is -5.02. The molecule has 0 radical (unpaired) electrons. The molecule has 0 fully saturated rings. The molecule has 0 unspecified atom stereocenters. The van der Waals surface area contributed by atoms with Gasteiger partial charge in [0, 0.05) is 28.3 Å². The molecule has 8 nitrogen and oxygen atoms in total. The lowest BCUT2D eigenvalue weighted by atomic mass is 10.0. The molecule has 5 rings (SSSR count). The lowest BCUT2D eigenvalue weighted by Crippen LogP contribution is -2.26. The number of hydrogen-bond acceptors (Lipinski definition) is 5. The van der Waals surface area contributed by atoms with Gasteiger partial charge in [-0.25, -0.2) is 0 Å². The summed E-state index contributed by atoms with van der Waals surface area (Å²) in [6.07, 6.45) is -10.1. The molecule has 0 aliphatic rings. The summed E-state index contributed by atoms with van der Waals surface area (Å²) < 4.78 is 88.0. The summed E-state index contributed by atoms with van der Waals surface area (Å²) in [6, 6.07) is 19.9. The Morgan fingerprint density at radius 2 is 1.54 bits per heavy atom. The molecule has 1 amide bonds. The second-order valence-electron chi connectivity index (χ2n) is 10.5. The average molecular weight is 692 g/mol. The minimum Gasteiger partial charge on any atom is -0.481 e. The monoisotopic (exact) mass is 691 g/mol. The second-order valence-corrected chi connectivity index (χ2v) is 11.0. The van der Waals surface area contributed by atoms with Crippen molar-refractivity contribution in [1.82, 2.24) is 15.1 Å². The number of rotatable bonds is 10. The molecule has 0 spiro atoms. The van der Waals surface area contributed by atoms with Gasteiger partial charge in [0.1, 0.15) is 11.5 Å². The number of carboxylic acid groups (broad SMARTS) is 1. The largest absolute Gasteiger partial charge is 0.573 e. The highest BCUT2D eigenvalue weighted by Gasteiger charge is 2.33. The number of alkyl halides is 6. The lowest BCUT2D eigenvalue weighted by Gasteiger charge is -2.17. The maximum absolute atomic E-state index is 13.3. The van der Waals surface area contributed by atoms with Crippen LogP contribution in [0.15, 0.2) is 84.9 Å². The highest BCUT2D eigenvalue weighted by molar-refractivity contribution is 6.30. The Hall–Kier alpha value is -5.24. The van der Waals surface area contributed by atoms with Crippen molar-refractivity contribution < 1.29 is 50.5 Å². The first kappa shape index (κ1) is 34.1. The number of amides is 1. The van der Waals surface area contributed by atoms with Crippen molar-refractivity contribution in [3.63, 3.8) is 0 Å². The van der Waals surface area contributed by atoms with E-state index in [-0.39, 0.29) is 34.8 Å². The van der Waals surface area contributed by atoms with Gasteiger partial charge in [-0.15, -0.1) is 26.3 Å². The Bertz CT molecular complexity index is 1980. The van der Waals surface area contributed by atoms with Crippen molar-refractivity contribution >= 4 is 34.2 Å². The van der Waals surface area contributed by atoms with Crippen LogP contribution in [-0.4, -0.2) is 46.0 Å². The van der Waals surface area contributed by atoms with Crippen molar-refractivity contribution in [2.24, 2.45) is 0 Å². The standard InChI is InChI=1S/C33H24ClF6N3O5/c1-18(19-2-4-20(5-3-19)31(46)41-13-12-30(44)45)43-28(17-27(42-43)26-11-9-24(34)16-29(26)48-33(38,39)40)23-7-6-22-15-25(47-32(35,36)37)10-8-21(22)14-23/h2-11,14-18H,12-13H2,1H3,(H,41,46)(H,44,45)/t18-/m0/s1. The third-order valence-electron chi connectivity index (χ3n) is 7.17. The van der Waals surface area contributed by atoms with Gasteiger partial charge >= 0.3 is 18.7 Å². The number of halogens is 7. The maximum Gasteiger partial charge on any atom is 0.573 e. The van der Waals surface area contributed by atoms with Crippen LogP contribution < -0.4 is 14.8 Å². The maximum atomic E-state index is 13.3. The topological polar surface area (TPSA) is 103 Å². The minimum absolute atomic E-state index is 0.00140. The van der Waals surface area contributed by atoms with Crippen LogP contribution in [0.1, 0.15) is 35.3 Å². The first-order chi connectivity index (χ1) is 22.6. The van der Waals surface area contributed by atoms with Gasteiger partial charge in [0.05, 0.1) is 23.9 Å². The molecule has 1 atom stereocenters. The van der Waals surface area contributed by atoms with Gasteiger partial charge in [-0.1, -0.05) is 41.9 Å². The Labute approximate surface area is 273 Å². The van der Waals surface area contributed by atoms with Crippen molar-refractivity contribution in [3.8, 4) is 34.0 Å². The Balaban J connectivity index is 1.56. The predicted octanol–water partition coefficient (Wildman–Crippen LogP) is 8.63. The van der Waals surface area contributed by atoms with Gasteiger partial charge in [-0.05, 0) is 77.9 Å². The molecule has 15 heteroatoms. The zero-order valence-corrected chi connectivity index (χ0v) is 25.5. The number of nitrogens with one attached hydrogen (secondary N) is 1. The van der Waals surface area contributed by atoms with Gasteiger partial charge in [-0.2, -0.15) is 5.10 Å². The van der Waals surface area contributed by atoms with Crippen LogP contribution >= 0.6 is 11.6 Å². The number of benzene rings is 4. The zero-order valence-electron chi connectivity index (χ0n) is 24.7. The normalized spacial score (nSPS) is 12.5. The molecule has 0 bridgehead atoms. The van der Waals surface area contributed by atoms with E-state index in [0.717, 1.165) is 6.07 Å². The zero-order chi connectivity index (χ0) is 34.8. The number of aliphatic carboxylic acids is 1. The molecule has 0 aliphatic heterocycles. The smallest absolute Gasteiger partial charge is 0.481 e. The van der Waals surface area contributed by atoms with Crippen molar-refractivity contribution in [3.05, 3.63) is 101 Å². The van der Waals surface area contributed by atoms with Gasteiger partial charge in [-0.3, -0.25) is 14.3 Å². The number of aromatic nitrogens is 2. The summed E-state index contributed by atoms with van der Waals surface area (Å²) in [6.45, 7) is 1.72. The number of nitrogens with zero attached hydrogens (tertiary/aromatic N) is 2. The molecule has 4 aromatic carbocycles. The van der Waals surface area contributed by atoms with E-state index in [9.17, 15) is 35.9 Å². The number of carbonyl (C=O) groups is 2. The number of carbonyl (C=O) groups excluding carboxylic acids is 1.